The number of benzene rings is 5. The van der Waals surface area contributed by atoms with E-state index in [2.05, 4.69) is 35.4 Å². The van der Waals surface area contributed by atoms with Crippen LogP contribution in [-0.4, -0.2) is 27.6 Å². The standard InChI is InChI=1S/C41H36N2O3S/c1-4-29-15-19-33(20-16-29)47-24-23-37(42-46-27-30-12-7-6-8-13-30)41(45)32-18-22-39-36(26-32)35-25-31(17-21-38(35)43(39)5-2)40(44)34-14-10-9-11-28(34)3/h4,6-22,25-26H,1,5,23-24,27H2,2-3H3/b42-37+. The number of hydrogen-bond donors (Lipinski definition) is 0. The van der Waals surface area contributed by atoms with Crippen molar-refractivity contribution in [2.24, 2.45) is 5.16 Å². The zero-order valence-electron chi connectivity index (χ0n) is 26.6. The number of nitrogens with zero attached hydrogens (tertiary/aromatic N) is 2. The van der Waals surface area contributed by atoms with Gasteiger partial charge < -0.3 is 9.40 Å². The van der Waals surface area contributed by atoms with Crippen LogP contribution >= 0.6 is 11.8 Å². The highest BCUT2D eigenvalue weighted by atomic mass is 32.2. The Morgan fingerprint density at radius 1 is 0.830 bits per heavy atom. The highest BCUT2D eigenvalue weighted by Crippen LogP contribution is 2.32. The van der Waals surface area contributed by atoms with E-state index < -0.39 is 0 Å². The predicted octanol–water partition coefficient (Wildman–Crippen LogP) is 9.93. The molecule has 1 heterocycles. The van der Waals surface area contributed by atoms with Gasteiger partial charge in [0.05, 0.1) is 0 Å². The van der Waals surface area contributed by atoms with Crippen LogP contribution < -0.4 is 0 Å². The number of rotatable bonds is 13. The maximum Gasteiger partial charge on any atom is 0.210 e. The van der Waals surface area contributed by atoms with Crippen LogP contribution in [0.5, 0.6) is 0 Å². The van der Waals surface area contributed by atoms with Crippen LogP contribution in [0, 0.1) is 6.92 Å². The molecule has 0 radical (unpaired) electrons. The lowest BCUT2D eigenvalue weighted by atomic mass is 9.97. The molecule has 6 heteroatoms. The second-order valence-electron chi connectivity index (χ2n) is 11.3. The number of ketones is 2. The second-order valence-corrected chi connectivity index (χ2v) is 12.5. The van der Waals surface area contributed by atoms with Crippen molar-refractivity contribution >= 4 is 56.9 Å². The van der Waals surface area contributed by atoms with E-state index in [1.807, 2.05) is 116 Å². The van der Waals surface area contributed by atoms with Gasteiger partial charge in [-0.05, 0) is 79.1 Å². The third-order valence-corrected chi connectivity index (χ3v) is 9.34. The minimum atomic E-state index is -0.174. The van der Waals surface area contributed by atoms with Gasteiger partial charge in [-0.3, -0.25) is 9.59 Å². The van der Waals surface area contributed by atoms with Crippen LogP contribution in [0.3, 0.4) is 0 Å². The maximum absolute atomic E-state index is 14.1. The fraction of sp³-hybridized carbons (Fsp3) is 0.146. The Balaban J connectivity index is 1.32. The number of carbonyl (C=O) groups is 2. The smallest absolute Gasteiger partial charge is 0.210 e. The fourth-order valence-corrected chi connectivity index (χ4v) is 6.66. The third kappa shape index (κ3) is 6.98. The van der Waals surface area contributed by atoms with Gasteiger partial charge in [0.1, 0.15) is 12.3 Å². The summed E-state index contributed by atoms with van der Waals surface area (Å²) in [7, 11) is 0. The first-order valence-electron chi connectivity index (χ1n) is 15.8. The number of aryl methyl sites for hydroxylation is 2. The number of thioether (sulfide) groups is 1. The molecule has 0 spiro atoms. The molecule has 5 nitrogen and oxygen atoms in total. The fourth-order valence-electron chi connectivity index (χ4n) is 5.80. The summed E-state index contributed by atoms with van der Waals surface area (Å²) in [5, 5.41) is 6.25. The zero-order chi connectivity index (χ0) is 32.8. The van der Waals surface area contributed by atoms with Gasteiger partial charge in [-0.2, -0.15) is 0 Å². The Kier molecular flexibility index (Phi) is 9.79. The van der Waals surface area contributed by atoms with Crippen molar-refractivity contribution in [1.29, 1.82) is 0 Å². The van der Waals surface area contributed by atoms with Crippen LogP contribution in [0.15, 0.2) is 132 Å². The van der Waals surface area contributed by atoms with Crippen molar-refractivity contribution in [2.45, 2.75) is 38.3 Å². The van der Waals surface area contributed by atoms with E-state index in [0.717, 1.165) is 49.9 Å². The highest BCUT2D eigenvalue weighted by Gasteiger charge is 2.20. The monoisotopic (exact) mass is 636 g/mol. The summed E-state index contributed by atoms with van der Waals surface area (Å²) in [6.07, 6.45) is 2.25. The van der Waals surface area contributed by atoms with E-state index in [1.165, 1.54) is 0 Å². The van der Waals surface area contributed by atoms with Crippen molar-refractivity contribution in [3.05, 3.63) is 155 Å². The number of oxime groups is 1. The molecule has 0 unspecified atom stereocenters. The number of hydrogen-bond acceptors (Lipinski definition) is 5. The molecular formula is C41H36N2O3S. The molecule has 47 heavy (non-hydrogen) atoms. The molecule has 0 aliphatic carbocycles. The molecule has 0 atom stereocenters. The molecule has 0 amide bonds. The first-order valence-corrected chi connectivity index (χ1v) is 16.7. The first kappa shape index (κ1) is 31.8. The molecule has 0 aliphatic rings. The van der Waals surface area contributed by atoms with E-state index in [9.17, 15) is 9.59 Å². The maximum atomic E-state index is 14.1. The van der Waals surface area contributed by atoms with Crippen molar-refractivity contribution in [2.75, 3.05) is 5.75 Å². The van der Waals surface area contributed by atoms with E-state index in [0.29, 0.717) is 34.6 Å². The minimum Gasteiger partial charge on any atom is -0.391 e. The lowest BCUT2D eigenvalue weighted by Crippen LogP contribution is -2.16. The average molecular weight is 637 g/mol. The molecule has 0 saturated carbocycles. The van der Waals surface area contributed by atoms with Crippen molar-refractivity contribution in [3.63, 3.8) is 0 Å². The van der Waals surface area contributed by atoms with Gasteiger partial charge >= 0.3 is 0 Å². The number of aromatic nitrogens is 1. The highest BCUT2D eigenvalue weighted by molar-refractivity contribution is 7.99. The van der Waals surface area contributed by atoms with Gasteiger partial charge in [-0.15, -0.1) is 11.8 Å². The predicted molar refractivity (Wildman–Crippen MR) is 195 cm³/mol. The van der Waals surface area contributed by atoms with E-state index >= 15 is 0 Å². The Labute approximate surface area is 279 Å². The van der Waals surface area contributed by atoms with Crippen LogP contribution in [0.1, 0.15) is 56.3 Å². The Hall–Kier alpha value is -5.20. The van der Waals surface area contributed by atoms with Crippen LogP contribution in [-0.2, 0) is 18.0 Å². The largest absolute Gasteiger partial charge is 0.391 e. The minimum absolute atomic E-state index is 0.0174. The van der Waals surface area contributed by atoms with Gasteiger partial charge in [0.2, 0.25) is 5.78 Å². The molecule has 0 bridgehead atoms. The molecule has 0 aliphatic heterocycles. The molecule has 1 aromatic heterocycles. The van der Waals surface area contributed by atoms with Crippen LogP contribution in [0.2, 0.25) is 0 Å². The molecule has 5 aromatic carbocycles. The first-order chi connectivity index (χ1) is 23.0. The quantitative estimate of drug-likeness (QED) is 0.0548. The summed E-state index contributed by atoms with van der Waals surface area (Å²) in [6.45, 7) is 8.90. The molecule has 6 aromatic rings. The van der Waals surface area contributed by atoms with Gasteiger partial charge in [0.15, 0.2) is 5.78 Å². The van der Waals surface area contributed by atoms with Crippen molar-refractivity contribution < 1.29 is 14.4 Å². The van der Waals surface area contributed by atoms with Crippen molar-refractivity contribution in [3.8, 4) is 0 Å². The number of carbonyl (C=O) groups excluding carboxylic acids is 2. The summed E-state index contributed by atoms with van der Waals surface area (Å²) in [5.41, 5.74) is 7.22. The Bertz CT molecular complexity index is 2110. The summed E-state index contributed by atoms with van der Waals surface area (Å²) in [4.78, 5) is 34.4. The van der Waals surface area contributed by atoms with E-state index in [1.54, 1.807) is 11.8 Å². The second kappa shape index (κ2) is 14.5. The zero-order valence-corrected chi connectivity index (χ0v) is 27.4. The Morgan fingerprint density at radius 2 is 1.49 bits per heavy atom. The number of Topliss-reactive ketones (excluding diaryl/α,β-unsaturated/α-hetero) is 1. The van der Waals surface area contributed by atoms with Gasteiger partial charge in [-0.25, -0.2) is 0 Å². The lowest BCUT2D eigenvalue weighted by molar-refractivity contribution is 0.102. The summed E-state index contributed by atoms with van der Waals surface area (Å²) in [5.74, 6) is 0.470. The van der Waals surface area contributed by atoms with Crippen LogP contribution in [0.25, 0.3) is 27.9 Å². The SMILES string of the molecule is C=Cc1ccc(SCC/C(=N\OCc2ccccc2)C(=O)c2ccc3c(c2)c2cc(C(=O)c4ccccc4C)ccc2n3CC)cc1. The van der Waals surface area contributed by atoms with Gasteiger partial charge in [0, 0.05) is 62.1 Å². The molecule has 0 saturated heterocycles. The summed E-state index contributed by atoms with van der Waals surface area (Å²) in [6, 6.07) is 37.2. The number of fused-ring (bicyclic) bond motifs is 3. The van der Waals surface area contributed by atoms with E-state index in [4.69, 9.17) is 4.84 Å². The molecule has 0 fully saturated rings. The molecule has 234 valence electrons. The topological polar surface area (TPSA) is 60.7 Å². The normalized spacial score (nSPS) is 11.6. The van der Waals surface area contributed by atoms with Crippen molar-refractivity contribution in [1.82, 2.24) is 4.57 Å². The van der Waals surface area contributed by atoms with Crippen LogP contribution in [0.4, 0.5) is 0 Å². The third-order valence-electron chi connectivity index (χ3n) is 8.33. The summed E-state index contributed by atoms with van der Waals surface area (Å²) >= 11 is 1.67. The van der Waals surface area contributed by atoms with Gasteiger partial charge in [0.25, 0.3) is 0 Å². The molecule has 0 N–H and O–H groups in total. The lowest BCUT2D eigenvalue weighted by Gasteiger charge is -2.08. The average Bonchev–Trinajstić information content (AvgIpc) is 3.43. The molecular weight excluding hydrogens is 601 g/mol. The Morgan fingerprint density at radius 3 is 2.17 bits per heavy atom. The molecule has 6 rings (SSSR count). The van der Waals surface area contributed by atoms with Gasteiger partial charge in [-0.1, -0.05) is 84.5 Å². The van der Waals surface area contributed by atoms with E-state index in [-0.39, 0.29) is 18.2 Å². The summed E-state index contributed by atoms with van der Waals surface area (Å²) < 4.78 is 2.22.